The summed E-state index contributed by atoms with van der Waals surface area (Å²) >= 11 is 0. The molecule has 0 N–H and O–H groups in total. The second-order valence-electron chi connectivity index (χ2n) is 7.50. The van der Waals surface area contributed by atoms with Gasteiger partial charge in [-0.25, -0.2) is 0 Å². The number of likely N-dealkylation sites (N-methyl/N-ethyl adjacent to an activating group) is 1. The van der Waals surface area contributed by atoms with Gasteiger partial charge in [-0.15, -0.1) is 0 Å². The van der Waals surface area contributed by atoms with E-state index in [4.69, 9.17) is 4.74 Å². The molecule has 3 aromatic rings. The lowest BCUT2D eigenvalue weighted by atomic mass is 10.0. The van der Waals surface area contributed by atoms with E-state index in [1.165, 1.54) is 4.90 Å². The first-order valence-corrected chi connectivity index (χ1v) is 10.5. The summed E-state index contributed by atoms with van der Waals surface area (Å²) in [5.41, 5.74) is 3.47. The number of hydrogen-bond donors (Lipinski definition) is 0. The Morgan fingerprint density at radius 1 is 0.875 bits per heavy atom. The predicted molar refractivity (Wildman–Crippen MR) is 122 cm³/mol. The van der Waals surface area contributed by atoms with Crippen molar-refractivity contribution in [2.24, 2.45) is 0 Å². The molecule has 0 spiro atoms. The van der Waals surface area contributed by atoms with Crippen molar-refractivity contribution in [3.8, 4) is 5.75 Å². The molecule has 1 aliphatic heterocycles. The number of ether oxygens (including phenoxy) is 1. The Morgan fingerprint density at radius 3 is 2.19 bits per heavy atom. The van der Waals surface area contributed by atoms with E-state index in [2.05, 4.69) is 4.98 Å². The van der Waals surface area contributed by atoms with E-state index in [1.54, 1.807) is 31.6 Å². The number of rotatable bonds is 8. The number of benzene rings is 2. The van der Waals surface area contributed by atoms with Gasteiger partial charge in [-0.3, -0.25) is 19.5 Å². The predicted octanol–water partition coefficient (Wildman–Crippen LogP) is 3.89. The Labute approximate surface area is 187 Å². The van der Waals surface area contributed by atoms with Crippen molar-refractivity contribution in [3.05, 3.63) is 102 Å². The van der Waals surface area contributed by atoms with E-state index in [1.807, 2.05) is 66.4 Å². The molecule has 32 heavy (non-hydrogen) atoms. The van der Waals surface area contributed by atoms with Gasteiger partial charge in [0, 0.05) is 25.5 Å². The second-order valence-corrected chi connectivity index (χ2v) is 7.50. The number of carbonyl (C=O) groups excluding carboxylic acids is 2. The molecule has 0 radical (unpaired) electrons. The van der Waals surface area contributed by atoms with Crippen LogP contribution in [-0.4, -0.2) is 40.3 Å². The first-order chi connectivity index (χ1) is 15.6. The fraction of sp³-hybridized carbons (Fsp3) is 0.192. The van der Waals surface area contributed by atoms with E-state index in [0.717, 1.165) is 11.1 Å². The standard InChI is InChI=1S/C26H25N3O3/c1-3-28(17-19-7-5-4-6-8-19)24-23(21-9-11-22(32-2)12-10-21)25(30)29(26(24)31)18-20-13-15-27-16-14-20/h4-16H,3,17-18H2,1-2H3. The van der Waals surface area contributed by atoms with E-state index in [-0.39, 0.29) is 18.4 Å². The number of nitrogens with zero attached hydrogens (tertiary/aromatic N) is 3. The van der Waals surface area contributed by atoms with Gasteiger partial charge in [-0.2, -0.15) is 0 Å². The highest BCUT2D eigenvalue weighted by Crippen LogP contribution is 2.34. The molecule has 0 bridgehead atoms. The smallest absolute Gasteiger partial charge is 0.278 e. The van der Waals surface area contributed by atoms with Crippen molar-refractivity contribution in [3.63, 3.8) is 0 Å². The summed E-state index contributed by atoms with van der Waals surface area (Å²) in [6.07, 6.45) is 3.32. The van der Waals surface area contributed by atoms with Crippen LogP contribution in [-0.2, 0) is 22.7 Å². The van der Waals surface area contributed by atoms with Crippen LogP contribution in [0.25, 0.3) is 5.57 Å². The lowest BCUT2D eigenvalue weighted by Crippen LogP contribution is -2.34. The van der Waals surface area contributed by atoms with Gasteiger partial charge in [0.15, 0.2) is 0 Å². The van der Waals surface area contributed by atoms with Crippen molar-refractivity contribution >= 4 is 17.4 Å². The summed E-state index contributed by atoms with van der Waals surface area (Å²) in [6.45, 7) is 3.32. The lowest BCUT2D eigenvalue weighted by Gasteiger charge is -2.25. The van der Waals surface area contributed by atoms with E-state index in [0.29, 0.717) is 35.7 Å². The van der Waals surface area contributed by atoms with Gasteiger partial charge in [0.05, 0.1) is 19.2 Å². The zero-order chi connectivity index (χ0) is 22.5. The van der Waals surface area contributed by atoms with E-state index >= 15 is 0 Å². The molecule has 1 aromatic heterocycles. The number of methoxy groups -OCH3 is 1. The second kappa shape index (κ2) is 9.47. The fourth-order valence-electron chi connectivity index (χ4n) is 3.84. The van der Waals surface area contributed by atoms with Crippen LogP contribution in [0.5, 0.6) is 5.75 Å². The normalized spacial score (nSPS) is 13.6. The number of carbonyl (C=O) groups is 2. The molecule has 6 nitrogen and oxygen atoms in total. The molecule has 162 valence electrons. The van der Waals surface area contributed by atoms with Crippen LogP contribution in [0, 0.1) is 0 Å². The van der Waals surface area contributed by atoms with Gasteiger partial charge in [-0.05, 0) is 47.9 Å². The molecule has 0 saturated heterocycles. The summed E-state index contributed by atoms with van der Waals surface area (Å²) in [4.78, 5) is 34.4. The molecule has 0 aliphatic carbocycles. The minimum Gasteiger partial charge on any atom is -0.497 e. The fourth-order valence-corrected chi connectivity index (χ4v) is 3.84. The summed E-state index contributed by atoms with van der Waals surface area (Å²) < 4.78 is 5.26. The molecule has 2 amide bonds. The van der Waals surface area contributed by atoms with E-state index < -0.39 is 0 Å². The van der Waals surface area contributed by atoms with Crippen LogP contribution in [0.1, 0.15) is 23.6 Å². The van der Waals surface area contributed by atoms with Crippen LogP contribution in [0.15, 0.2) is 84.8 Å². The maximum Gasteiger partial charge on any atom is 0.278 e. The highest BCUT2D eigenvalue weighted by Gasteiger charge is 2.41. The summed E-state index contributed by atoms with van der Waals surface area (Å²) in [5, 5.41) is 0. The zero-order valence-electron chi connectivity index (χ0n) is 18.2. The maximum atomic E-state index is 13.6. The number of imide groups is 1. The largest absolute Gasteiger partial charge is 0.497 e. The number of amides is 2. The van der Waals surface area contributed by atoms with Gasteiger partial charge in [0.2, 0.25) is 0 Å². The Bertz CT molecular complexity index is 1130. The van der Waals surface area contributed by atoms with Crippen LogP contribution < -0.4 is 4.74 Å². The van der Waals surface area contributed by atoms with Gasteiger partial charge >= 0.3 is 0 Å². The number of pyridine rings is 1. The summed E-state index contributed by atoms with van der Waals surface area (Å²) in [6, 6.07) is 20.8. The lowest BCUT2D eigenvalue weighted by molar-refractivity contribution is -0.138. The van der Waals surface area contributed by atoms with E-state index in [9.17, 15) is 9.59 Å². The molecule has 0 fully saturated rings. The Balaban J connectivity index is 1.76. The first kappa shape index (κ1) is 21.3. The van der Waals surface area contributed by atoms with Gasteiger partial charge in [0.1, 0.15) is 11.4 Å². The van der Waals surface area contributed by atoms with Crippen molar-refractivity contribution in [2.45, 2.75) is 20.0 Å². The molecular weight excluding hydrogens is 402 g/mol. The molecule has 4 rings (SSSR count). The van der Waals surface area contributed by atoms with Gasteiger partial charge in [0.25, 0.3) is 11.8 Å². The highest BCUT2D eigenvalue weighted by molar-refractivity contribution is 6.35. The number of hydrogen-bond acceptors (Lipinski definition) is 5. The van der Waals surface area contributed by atoms with Crippen molar-refractivity contribution < 1.29 is 14.3 Å². The van der Waals surface area contributed by atoms with Crippen LogP contribution in [0.2, 0.25) is 0 Å². The molecule has 6 heteroatoms. The molecule has 2 heterocycles. The first-order valence-electron chi connectivity index (χ1n) is 10.5. The third-order valence-electron chi connectivity index (χ3n) is 5.53. The topological polar surface area (TPSA) is 62.7 Å². The van der Waals surface area contributed by atoms with Crippen molar-refractivity contribution in [2.75, 3.05) is 13.7 Å². The van der Waals surface area contributed by atoms with Crippen LogP contribution in [0.3, 0.4) is 0 Å². The third-order valence-corrected chi connectivity index (χ3v) is 5.53. The molecule has 0 saturated carbocycles. The zero-order valence-corrected chi connectivity index (χ0v) is 18.2. The quantitative estimate of drug-likeness (QED) is 0.511. The Morgan fingerprint density at radius 2 is 1.56 bits per heavy atom. The average Bonchev–Trinajstić information content (AvgIpc) is 3.08. The molecule has 0 unspecified atom stereocenters. The summed E-state index contributed by atoms with van der Waals surface area (Å²) in [5.74, 6) is 0.117. The molecular formula is C26H25N3O3. The molecule has 1 aliphatic rings. The Kier molecular flexibility index (Phi) is 6.31. The molecule has 0 atom stereocenters. The van der Waals surface area contributed by atoms with Crippen molar-refractivity contribution in [1.29, 1.82) is 0 Å². The maximum absolute atomic E-state index is 13.6. The minimum atomic E-state index is -0.293. The third kappa shape index (κ3) is 4.25. The van der Waals surface area contributed by atoms with Gasteiger partial charge in [-0.1, -0.05) is 42.5 Å². The monoisotopic (exact) mass is 427 g/mol. The minimum absolute atomic E-state index is 0.201. The van der Waals surface area contributed by atoms with Gasteiger partial charge < -0.3 is 9.64 Å². The molecule has 2 aromatic carbocycles. The van der Waals surface area contributed by atoms with Crippen LogP contribution >= 0.6 is 0 Å². The Hall–Kier alpha value is -3.93. The summed E-state index contributed by atoms with van der Waals surface area (Å²) in [7, 11) is 1.60. The number of aromatic nitrogens is 1. The average molecular weight is 428 g/mol. The van der Waals surface area contributed by atoms with Crippen molar-refractivity contribution in [1.82, 2.24) is 14.8 Å². The SMILES string of the molecule is CCN(Cc1ccccc1)C1=C(c2ccc(OC)cc2)C(=O)N(Cc2ccncc2)C1=O. The highest BCUT2D eigenvalue weighted by atomic mass is 16.5. The van der Waals surface area contributed by atoms with Crippen LogP contribution in [0.4, 0.5) is 0 Å².